The first-order valence-corrected chi connectivity index (χ1v) is 6.86. The molecule has 5 nitrogen and oxygen atoms in total. The van der Waals surface area contributed by atoms with E-state index in [0.29, 0.717) is 10.8 Å². The summed E-state index contributed by atoms with van der Waals surface area (Å²) >= 11 is 9.19. The predicted molar refractivity (Wildman–Crippen MR) is 82.1 cm³/mol. The first-order valence-electron chi connectivity index (χ1n) is 5.69. The highest BCUT2D eigenvalue weighted by molar-refractivity contribution is 9.10. The van der Waals surface area contributed by atoms with Gasteiger partial charge in [0.05, 0.1) is 19.0 Å². The van der Waals surface area contributed by atoms with Crippen molar-refractivity contribution in [1.82, 2.24) is 5.43 Å². The summed E-state index contributed by atoms with van der Waals surface area (Å²) in [6.45, 7) is 0.0930. The molecule has 2 N–H and O–H groups in total. The molecule has 0 aliphatic rings. The predicted octanol–water partition coefficient (Wildman–Crippen LogP) is 3.26. The zero-order valence-electron chi connectivity index (χ0n) is 10.3. The molecule has 0 radical (unpaired) electrons. The van der Waals surface area contributed by atoms with Crippen molar-refractivity contribution in [3.63, 3.8) is 0 Å². The fraction of sp³-hybridized carbons (Fsp3) is 0.0769. The van der Waals surface area contributed by atoms with Crippen molar-refractivity contribution in [3.05, 3.63) is 51.9 Å². The lowest BCUT2D eigenvalue weighted by molar-refractivity contribution is -0.119. The molecular formula is C13H11BrClN3O2. The van der Waals surface area contributed by atoms with Crippen LogP contribution in [-0.2, 0) is 4.79 Å². The van der Waals surface area contributed by atoms with Gasteiger partial charge in [-0.05, 0) is 46.3 Å². The molecule has 0 fully saturated rings. The number of hydrazone groups is 1. The molecule has 1 aromatic heterocycles. The molecule has 2 rings (SSSR count). The molecule has 0 aliphatic carbocycles. The molecule has 0 bridgehead atoms. The van der Waals surface area contributed by atoms with Gasteiger partial charge in [0.1, 0.15) is 5.76 Å². The largest absolute Gasteiger partial charge is 0.463 e. The number of amides is 1. The summed E-state index contributed by atoms with van der Waals surface area (Å²) in [6.07, 6.45) is 2.96. The third kappa shape index (κ3) is 4.40. The van der Waals surface area contributed by atoms with Gasteiger partial charge < -0.3 is 9.73 Å². The molecule has 104 valence electrons. The first kappa shape index (κ1) is 14.6. The maximum atomic E-state index is 11.6. The Kier molecular flexibility index (Phi) is 5.20. The normalized spacial score (nSPS) is 10.7. The van der Waals surface area contributed by atoms with Crippen molar-refractivity contribution in [2.24, 2.45) is 5.10 Å². The minimum absolute atomic E-state index is 0.0930. The Hall–Kier alpha value is -1.79. The summed E-state index contributed by atoms with van der Waals surface area (Å²) in [5.41, 5.74) is 3.17. The molecule has 1 amide bonds. The van der Waals surface area contributed by atoms with Gasteiger partial charge >= 0.3 is 0 Å². The maximum absolute atomic E-state index is 11.6. The van der Waals surface area contributed by atoms with Crippen molar-refractivity contribution >= 4 is 45.3 Å². The molecule has 0 spiro atoms. The minimum Gasteiger partial charge on any atom is -0.463 e. The monoisotopic (exact) mass is 355 g/mol. The summed E-state index contributed by atoms with van der Waals surface area (Å²) in [7, 11) is 0. The molecule has 0 saturated carbocycles. The van der Waals surface area contributed by atoms with Gasteiger partial charge in [-0.2, -0.15) is 5.10 Å². The van der Waals surface area contributed by atoms with Crippen LogP contribution >= 0.6 is 27.5 Å². The molecule has 7 heteroatoms. The SMILES string of the molecule is O=C(CNc1ccc(Cl)cc1Br)NN=Cc1ccco1. The van der Waals surface area contributed by atoms with Crippen molar-refractivity contribution < 1.29 is 9.21 Å². The Morgan fingerprint density at radius 2 is 2.30 bits per heavy atom. The Labute approximate surface area is 129 Å². The van der Waals surface area contributed by atoms with Gasteiger partial charge in [-0.3, -0.25) is 4.79 Å². The smallest absolute Gasteiger partial charge is 0.259 e. The van der Waals surface area contributed by atoms with E-state index in [1.807, 2.05) is 0 Å². The summed E-state index contributed by atoms with van der Waals surface area (Å²) in [6, 6.07) is 8.74. The number of rotatable bonds is 5. The number of benzene rings is 1. The number of nitrogens with zero attached hydrogens (tertiary/aromatic N) is 1. The zero-order chi connectivity index (χ0) is 14.4. The summed E-state index contributed by atoms with van der Waals surface area (Å²) in [5.74, 6) is 0.299. The molecule has 1 aromatic carbocycles. The highest BCUT2D eigenvalue weighted by Crippen LogP contribution is 2.25. The van der Waals surface area contributed by atoms with Crippen LogP contribution in [0.3, 0.4) is 0 Å². The quantitative estimate of drug-likeness (QED) is 0.638. The van der Waals surface area contributed by atoms with Gasteiger partial charge in [0.25, 0.3) is 5.91 Å². The second-order valence-corrected chi connectivity index (χ2v) is 5.08. The average molecular weight is 357 g/mol. The number of nitrogens with one attached hydrogen (secondary N) is 2. The van der Waals surface area contributed by atoms with Crippen LogP contribution in [0.1, 0.15) is 5.76 Å². The Morgan fingerprint density at radius 1 is 1.45 bits per heavy atom. The van der Waals surface area contributed by atoms with Crippen LogP contribution in [0.25, 0.3) is 0 Å². The lowest BCUT2D eigenvalue weighted by Crippen LogP contribution is -2.25. The first-order chi connectivity index (χ1) is 9.65. The second-order valence-electron chi connectivity index (χ2n) is 3.79. The number of hydrogen-bond donors (Lipinski definition) is 2. The Morgan fingerprint density at radius 3 is 3.00 bits per heavy atom. The van der Waals surface area contributed by atoms with E-state index < -0.39 is 0 Å². The Balaban J connectivity index is 1.80. The van der Waals surface area contributed by atoms with E-state index >= 15 is 0 Å². The third-order valence-corrected chi connectivity index (χ3v) is 3.19. The molecule has 0 unspecified atom stereocenters. The van der Waals surface area contributed by atoms with Gasteiger partial charge in [-0.1, -0.05) is 11.6 Å². The number of anilines is 1. The fourth-order valence-corrected chi connectivity index (χ4v) is 2.20. The van der Waals surface area contributed by atoms with Crippen LogP contribution in [0.5, 0.6) is 0 Å². The highest BCUT2D eigenvalue weighted by atomic mass is 79.9. The van der Waals surface area contributed by atoms with Gasteiger partial charge in [0.2, 0.25) is 0 Å². The van der Waals surface area contributed by atoms with Gasteiger partial charge in [0, 0.05) is 15.2 Å². The standard InChI is InChI=1S/C13H11BrClN3O2/c14-11-6-9(15)3-4-12(11)16-8-13(19)18-17-7-10-2-1-5-20-10/h1-7,16H,8H2,(H,18,19). The van der Waals surface area contributed by atoms with Gasteiger partial charge in [-0.25, -0.2) is 5.43 Å². The van der Waals surface area contributed by atoms with Crippen molar-refractivity contribution in [1.29, 1.82) is 0 Å². The number of carbonyl (C=O) groups is 1. The van der Waals surface area contributed by atoms with Crippen LogP contribution in [0.4, 0.5) is 5.69 Å². The molecular weight excluding hydrogens is 346 g/mol. The van der Waals surface area contributed by atoms with Crippen LogP contribution in [0.15, 0.2) is 50.6 Å². The number of furan rings is 1. The molecule has 0 saturated heterocycles. The van der Waals surface area contributed by atoms with E-state index in [-0.39, 0.29) is 12.5 Å². The maximum Gasteiger partial charge on any atom is 0.259 e. The molecule has 20 heavy (non-hydrogen) atoms. The van der Waals surface area contributed by atoms with E-state index in [9.17, 15) is 4.79 Å². The minimum atomic E-state index is -0.269. The number of carbonyl (C=O) groups excluding carboxylic acids is 1. The van der Waals surface area contributed by atoms with Crippen LogP contribution in [0.2, 0.25) is 5.02 Å². The van der Waals surface area contributed by atoms with Gasteiger partial charge in [0.15, 0.2) is 0 Å². The van der Waals surface area contributed by atoms with Crippen molar-refractivity contribution in [3.8, 4) is 0 Å². The van der Waals surface area contributed by atoms with Crippen LogP contribution < -0.4 is 10.7 Å². The van der Waals surface area contributed by atoms with Gasteiger partial charge in [-0.15, -0.1) is 0 Å². The summed E-state index contributed by atoms with van der Waals surface area (Å²) in [4.78, 5) is 11.6. The van der Waals surface area contributed by atoms with E-state index in [2.05, 4.69) is 31.8 Å². The Bertz CT molecular complexity index is 614. The average Bonchev–Trinajstić information content (AvgIpc) is 2.91. The van der Waals surface area contributed by atoms with E-state index in [4.69, 9.17) is 16.0 Å². The van der Waals surface area contributed by atoms with Crippen LogP contribution in [-0.4, -0.2) is 18.7 Å². The molecule has 0 atom stereocenters. The molecule has 0 aliphatic heterocycles. The summed E-state index contributed by atoms with van der Waals surface area (Å²) in [5, 5.41) is 7.36. The zero-order valence-corrected chi connectivity index (χ0v) is 12.6. The van der Waals surface area contributed by atoms with E-state index in [1.165, 1.54) is 12.5 Å². The number of hydrogen-bond acceptors (Lipinski definition) is 4. The number of halogens is 2. The second kappa shape index (κ2) is 7.12. The lowest BCUT2D eigenvalue weighted by atomic mass is 10.3. The van der Waals surface area contributed by atoms with Crippen molar-refractivity contribution in [2.75, 3.05) is 11.9 Å². The molecule has 1 heterocycles. The topological polar surface area (TPSA) is 66.6 Å². The fourth-order valence-electron chi connectivity index (χ4n) is 1.38. The summed E-state index contributed by atoms with van der Waals surface area (Å²) < 4.78 is 5.83. The van der Waals surface area contributed by atoms with E-state index in [0.717, 1.165) is 10.2 Å². The highest BCUT2D eigenvalue weighted by Gasteiger charge is 2.03. The van der Waals surface area contributed by atoms with Crippen LogP contribution in [0, 0.1) is 0 Å². The van der Waals surface area contributed by atoms with E-state index in [1.54, 1.807) is 30.3 Å². The molecule has 2 aromatic rings. The third-order valence-electron chi connectivity index (χ3n) is 2.29. The lowest BCUT2D eigenvalue weighted by Gasteiger charge is -2.07. The van der Waals surface area contributed by atoms with Crippen molar-refractivity contribution in [2.45, 2.75) is 0 Å².